The molecule has 0 spiro atoms. The number of nitrogens with one attached hydrogen (secondary N) is 2. The summed E-state index contributed by atoms with van der Waals surface area (Å²) in [6, 6.07) is 0.675. The van der Waals surface area contributed by atoms with Crippen molar-refractivity contribution in [2.45, 2.75) is 31.7 Å². The lowest BCUT2D eigenvalue weighted by atomic mass is 10.0. The molecule has 0 aromatic carbocycles. The molecule has 0 amide bonds. The van der Waals surface area contributed by atoms with Gasteiger partial charge in [-0.05, 0) is 37.8 Å². The summed E-state index contributed by atoms with van der Waals surface area (Å²) < 4.78 is 0. The Balaban J connectivity index is 1.78. The lowest BCUT2D eigenvalue weighted by Gasteiger charge is -2.21. The number of hydrogen-bond acceptors (Lipinski definition) is 2. The highest BCUT2D eigenvalue weighted by Gasteiger charge is 2.08. The van der Waals surface area contributed by atoms with Gasteiger partial charge in [0.1, 0.15) is 0 Å². The topological polar surface area (TPSA) is 24.1 Å². The fraction of sp³-hybridized carbons (Fsp3) is 0.571. The first-order chi connectivity index (χ1) is 7.95. The normalized spacial score (nSPS) is 29.0. The molecule has 0 bridgehead atoms. The van der Waals surface area contributed by atoms with Gasteiger partial charge in [0.15, 0.2) is 0 Å². The van der Waals surface area contributed by atoms with Crippen LogP contribution in [0.1, 0.15) is 25.7 Å². The molecule has 1 atom stereocenters. The first kappa shape index (κ1) is 11.6. The van der Waals surface area contributed by atoms with E-state index in [2.05, 4.69) is 41.0 Å². The molecule has 1 heterocycles. The van der Waals surface area contributed by atoms with Gasteiger partial charge in [-0.1, -0.05) is 30.4 Å². The summed E-state index contributed by atoms with van der Waals surface area (Å²) in [5.74, 6) is 0. The van der Waals surface area contributed by atoms with Gasteiger partial charge in [-0.2, -0.15) is 0 Å². The van der Waals surface area contributed by atoms with Gasteiger partial charge in [0, 0.05) is 19.1 Å². The molecule has 2 nitrogen and oxygen atoms in total. The molecule has 88 valence electrons. The third kappa shape index (κ3) is 3.95. The second-order valence-corrected chi connectivity index (χ2v) is 4.55. The van der Waals surface area contributed by atoms with Crippen LogP contribution in [0, 0.1) is 0 Å². The van der Waals surface area contributed by atoms with Crippen LogP contribution in [0.4, 0.5) is 0 Å². The first-order valence-corrected chi connectivity index (χ1v) is 6.41. The van der Waals surface area contributed by atoms with Crippen molar-refractivity contribution >= 4 is 0 Å². The van der Waals surface area contributed by atoms with Crippen LogP contribution in [0.3, 0.4) is 0 Å². The lowest BCUT2D eigenvalue weighted by molar-refractivity contribution is 0.428. The maximum Gasteiger partial charge on any atom is 0.0103 e. The van der Waals surface area contributed by atoms with Crippen LogP contribution in [-0.4, -0.2) is 25.7 Å². The Labute approximate surface area is 98.5 Å². The van der Waals surface area contributed by atoms with Crippen LogP contribution in [0.15, 0.2) is 36.0 Å². The largest absolute Gasteiger partial charge is 0.315 e. The Kier molecular flexibility index (Phi) is 4.84. The van der Waals surface area contributed by atoms with Gasteiger partial charge in [-0.15, -0.1) is 0 Å². The average molecular weight is 218 g/mol. The molecule has 2 N–H and O–H groups in total. The van der Waals surface area contributed by atoms with E-state index in [1.165, 1.54) is 31.4 Å². The summed E-state index contributed by atoms with van der Waals surface area (Å²) >= 11 is 0. The highest BCUT2D eigenvalue weighted by molar-refractivity contribution is 5.29. The predicted octanol–water partition coefficient (Wildman–Crippen LogP) is 2.16. The standard InChI is InChI=1S/C14H22N2/c1-2-5-13(6-3-1)8-9-14-7-4-10-15-11-12-16-14/h1-3,5,8,14-16H,4,6-7,9-12H2. The van der Waals surface area contributed by atoms with E-state index < -0.39 is 0 Å². The van der Waals surface area contributed by atoms with Crippen LogP contribution >= 0.6 is 0 Å². The van der Waals surface area contributed by atoms with Crippen LogP contribution in [0.5, 0.6) is 0 Å². The van der Waals surface area contributed by atoms with Gasteiger partial charge in [0.25, 0.3) is 0 Å². The highest BCUT2D eigenvalue weighted by Crippen LogP contribution is 2.13. The summed E-state index contributed by atoms with van der Waals surface area (Å²) in [6.07, 6.45) is 15.9. The second kappa shape index (κ2) is 6.66. The minimum absolute atomic E-state index is 0.675. The van der Waals surface area contributed by atoms with E-state index in [9.17, 15) is 0 Å². The third-order valence-corrected chi connectivity index (χ3v) is 3.22. The first-order valence-electron chi connectivity index (χ1n) is 6.41. The minimum atomic E-state index is 0.675. The van der Waals surface area contributed by atoms with Gasteiger partial charge in [-0.3, -0.25) is 0 Å². The molecule has 0 saturated carbocycles. The molecule has 2 heteroatoms. The zero-order valence-corrected chi connectivity index (χ0v) is 9.91. The minimum Gasteiger partial charge on any atom is -0.315 e. The molecule has 1 fully saturated rings. The van der Waals surface area contributed by atoms with Gasteiger partial charge >= 0.3 is 0 Å². The molecule has 2 aliphatic rings. The van der Waals surface area contributed by atoms with E-state index >= 15 is 0 Å². The SMILES string of the molecule is C1=CCC(=CCC2CCCNCCN2)C=C1. The Morgan fingerprint density at radius 1 is 1.25 bits per heavy atom. The fourth-order valence-corrected chi connectivity index (χ4v) is 2.24. The highest BCUT2D eigenvalue weighted by atomic mass is 15.0. The van der Waals surface area contributed by atoms with E-state index in [1.54, 1.807) is 0 Å². The second-order valence-electron chi connectivity index (χ2n) is 4.55. The van der Waals surface area contributed by atoms with E-state index in [1.807, 2.05) is 0 Å². The van der Waals surface area contributed by atoms with Crippen molar-refractivity contribution in [3.05, 3.63) is 36.0 Å². The van der Waals surface area contributed by atoms with Gasteiger partial charge in [0.05, 0.1) is 0 Å². The van der Waals surface area contributed by atoms with Crippen LogP contribution < -0.4 is 10.6 Å². The number of allylic oxidation sites excluding steroid dienone is 5. The van der Waals surface area contributed by atoms with Crippen LogP contribution in [-0.2, 0) is 0 Å². The van der Waals surface area contributed by atoms with Gasteiger partial charge < -0.3 is 10.6 Å². The number of hydrogen-bond donors (Lipinski definition) is 2. The maximum atomic E-state index is 3.61. The van der Waals surface area contributed by atoms with Crippen molar-refractivity contribution in [1.29, 1.82) is 0 Å². The van der Waals surface area contributed by atoms with Crippen molar-refractivity contribution in [3.8, 4) is 0 Å². The molecule has 1 unspecified atom stereocenters. The van der Waals surface area contributed by atoms with Crippen molar-refractivity contribution in [2.24, 2.45) is 0 Å². The molecule has 0 radical (unpaired) electrons. The summed E-state index contributed by atoms with van der Waals surface area (Å²) in [6.45, 7) is 3.39. The average Bonchev–Trinajstić information content (AvgIpc) is 2.29. The van der Waals surface area contributed by atoms with Crippen molar-refractivity contribution < 1.29 is 0 Å². The van der Waals surface area contributed by atoms with Crippen molar-refractivity contribution in [1.82, 2.24) is 10.6 Å². The zero-order chi connectivity index (χ0) is 11.1. The maximum absolute atomic E-state index is 3.61. The zero-order valence-electron chi connectivity index (χ0n) is 9.91. The molecule has 1 saturated heterocycles. The molecule has 16 heavy (non-hydrogen) atoms. The van der Waals surface area contributed by atoms with Crippen LogP contribution in [0.25, 0.3) is 0 Å². The molecular weight excluding hydrogens is 196 g/mol. The Morgan fingerprint density at radius 3 is 3.12 bits per heavy atom. The number of rotatable bonds is 2. The fourth-order valence-electron chi connectivity index (χ4n) is 2.24. The Bertz CT molecular complexity index is 281. The van der Waals surface area contributed by atoms with E-state index in [0.717, 1.165) is 19.5 Å². The quantitative estimate of drug-likeness (QED) is 0.742. The summed E-state index contributed by atoms with van der Waals surface area (Å²) in [5, 5.41) is 7.03. The molecule has 1 aliphatic heterocycles. The van der Waals surface area contributed by atoms with Crippen molar-refractivity contribution in [2.75, 3.05) is 19.6 Å². The van der Waals surface area contributed by atoms with E-state index in [4.69, 9.17) is 0 Å². The van der Waals surface area contributed by atoms with Gasteiger partial charge in [-0.25, -0.2) is 0 Å². The summed E-state index contributed by atoms with van der Waals surface area (Å²) in [4.78, 5) is 0. The third-order valence-electron chi connectivity index (χ3n) is 3.22. The summed E-state index contributed by atoms with van der Waals surface area (Å²) in [7, 11) is 0. The lowest BCUT2D eigenvalue weighted by Crippen LogP contribution is -2.38. The summed E-state index contributed by atoms with van der Waals surface area (Å²) in [5.41, 5.74) is 1.46. The monoisotopic (exact) mass is 218 g/mol. The molecular formula is C14H22N2. The predicted molar refractivity (Wildman–Crippen MR) is 69.5 cm³/mol. The van der Waals surface area contributed by atoms with Crippen LogP contribution in [0.2, 0.25) is 0 Å². The molecule has 0 aromatic rings. The van der Waals surface area contributed by atoms with Crippen molar-refractivity contribution in [3.63, 3.8) is 0 Å². The Morgan fingerprint density at radius 2 is 2.25 bits per heavy atom. The molecule has 1 aliphatic carbocycles. The molecule has 0 aromatic heterocycles. The Hall–Kier alpha value is -0.860. The van der Waals surface area contributed by atoms with Gasteiger partial charge in [0.2, 0.25) is 0 Å². The van der Waals surface area contributed by atoms with E-state index in [-0.39, 0.29) is 0 Å². The molecule has 2 rings (SSSR count). The van der Waals surface area contributed by atoms with E-state index in [0.29, 0.717) is 6.04 Å². The smallest absolute Gasteiger partial charge is 0.0103 e.